The van der Waals surface area contributed by atoms with Crippen molar-refractivity contribution in [3.8, 4) is 0 Å². The summed E-state index contributed by atoms with van der Waals surface area (Å²) in [5, 5.41) is 2.69. The zero-order valence-corrected chi connectivity index (χ0v) is 16.3. The number of benzene rings is 2. The van der Waals surface area contributed by atoms with E-state index in [4.69, 9.17) is 4.74 Å². The number of rotatable bonds is 3. The van der Waals surface area contributed by atoms with Crippen LogP contribution in [0.1, 0.15) is 49.2 Å². The molecule has 1 aliphatic heterocycles. The van der Waals surface area contributed by atoms with Gasteiger partial charge in [-0.1, -0.05) is 42.5 Å². The molecule has 0 aromatic heterocycles. The summed E-state index contributed by atoms with van der Waals surface area (Å²) in [4.78, 5) is 39.5. The summed E-state index contributed by atoms with van der Waals surface area (Å²) in [5.74, 6) is -0.298. The lowest BCUT2D eigenvalue weighted by Gasteiger charge is -2.32. The van der Waals surface area contributed by atoms with E-state index >= 15 is 0 Å². The number of hydrogen-bond donors (Lipinski definition) is 1. The molecule has 0 bridgehead atoms. The smallest absolute Gasteiger partial charge is 0.408 e. The Bertz CT molecular complexity index is 887. The Morgan fingerprint density at radius 2 is 1.68 bits per heavy atom. The van der Waals surface area contributed by atoms with Crippen LogP contribution in [0, 0.1) is 0 Å². The highest BCUT2D eigenvalue weighted by Crippen LogP contribution is 2.29. The highest BCUT2D eigenvalue weighted by molar-refractivity contribution is 6.10. The quantitative estimate of drug-likeness (QED) is 0.877. The van der Waals surface area contributed by atoms with E-state index < -0.39 is 17.7 Å². The second-order valence-corrected chi connectivity index (χ2v) is 7.67. The summed E-state index contributed by atoms with van der Waals surface area (Å²) in [7, 11) is 0. The molecule has 1 atom stereocenters. The summed E-state index contributed by atoms with van der Waals surface area (Å²) < 4.78 is 5.34. The number of fused-ring (bicyclic) bond motifs is 1. The first-order valence-corrected chi connectivity index (χ1v) is 9.24. The van der Waals surface area contributed by atoms with Crippen LogP contribution < -0.4 is 10.2 Å². The van der Waals surface area contributed by atoms with Crippen molar-refractivity contribution in [2.75, 3.05) is 11.4 Å². The van der Waals surface area contributed by atoms with Crippen molar-refractivity contribution in [3.63, 3.8) is 0 Å². The van der Waals surface area contributed by atoms with Crippen LogP contribution in [0.2, 0.25) is 0 Å². The minimum atomic E-state index is -0.919. The normalized spacial score (nSPS) is 14.8. The van der Waals surface area contributed by atoms with Crippen LogP contribution in [-0.2, 0) is 9.53 Å². The van der Waals surface area contributed by atoms with E-state index in [-0.39, 0.29) is 24.7 Å². The number of carbonyl (C=O) groups excluding carboxylic acids is 3. The number of hydrogen-bond acceptors (Lipinski definition) is 4. The van der Waals surface area contributed by atoms with Gasteiger partial charge in [-0.25, -0.2) is 4.79 Å². The van der Waals surface area contributed by atoms with Crippen molar-refractivity contribution < 1.29 is 19.1 Å². The van der Waals surface area contributed by atoms with Gasteiger partial charge in [-0.3, -0.25) is 9.59 Å². The van der Waals surface area contributed by atoms with Gasteiger partial charge in [0, 0.05) is 18.5 Å². The van der Waals surface area contributed by atoms with Crippen molar-refractivity contribution in [2.24, 2.45) is 0 Å². The van der Waals surface area contributed by atoms with E-state index in [0.29, 0.717) is 16.8 Å². The number of anilines is 1. The summed E-state index contributed by atoms with van der Waals surface area (Å²) in [6, 6.07) is 15.1. The van der Waals surface area contributed by atoms with Gasteiger partial charge in [0.1, 0.15) is 11.6 Å². The SMILES string of the molecule is CC(C)(C)OC(=O)NC(C(=O)N1CCC(=O)c2ccccc21)c1ccccc1. The van der Waals surface area contributed by atoms with Crippen molar-refractivity contribution in [1.82, 2.24) is 5.32 Å². The average Bonchev–Trinajstić information content (AvgIpc) is 2.65. The van der Waals surface area contributed by atoms with Crippen LogP contribution in [0.5, 0.6) is 0 Å². The first kappa shape index (κ1) is 19.6. The molecule has 3 rings (SSSR count). The maximum absolute atomic E-state index is 13.4. The van der Waals surface area contributed by atoms with E-state index in [1.165, 1.54) is 0 Å². The largest absolute Gasteiger partial charge is 0.444 e. The number of para-hydroxylation sites is 1. The fraction of sp³-hybridized carbons (Fsp3) is 0.318. The highest BCUT2D eigenvalue weighted by atomic mass is 16.6. The van der Waals surface area contributed by atoms with Crippen molar-refractivity contribution in [2.45, 2.75) is 38.8 Å². The molecule has 0 saturated carbocycles. The van der Waals surface area contributed by atoms with Crippen molar-refractivity contribution >= 4 is 23.5 Å². The molecule has 2 aromatic carbocycles. The maximum Gasteiger partial charge on any atom is 0.408 e. The molecule has 146 valence electrons. The predicted molar refractivity (Wildman–Crippen MR) is 106 cm³/mol. The Labute approximate surface area is 164 Å². The molecule has 1 heterocycles. The van der Waals surface area contributed by atoms with Crippen LogP contribution in [-0.4, -0.2) is 29.9 Å². The first-order valence-electron chi connectivity index (χ1n) is 9.24. The third kappa shape index (κ3) is 4.39. The van der Waals surface area contributed by atoms with Gasteiger partial charge in [0.15, 0.2) is 5.78 Å². The molecule has 0 radical (unpaired) electrons. The van der Waals surface area contributed by atoms with Gasteiger partial charge < -0.3 is 15.0 Å². The number of ether oxygens (including phenoxy) is 1. The van der Waals surface area contributed by atoms with Crippen LogP contribution in [0.3, 0.4) is 0 Å². The molecule has 1 N–H and O–H groups in total. The molecule has 6 heteroatoms. The van der Waals surface area contributed by atoms with Gasteiger partial charge in [0.25, 0.3) is 5.91 Å². The standard InChI is InChI=1S/C22H24N2O4/c1-22(2,3)28-21(27)23-19(15-9-5-4-6-10-15)20(26)24-14-13-18(25)16-11-7-8-12-17(16)24/h4-12,19H,13-14H2,1-3H3,(H,23,27). The van der Waals surface area contributed by atoms with Crippen molar-refractivity contribution in [3.05, 3.63) is 65.7 Å². The van der Waals surface area contributed by atoms with Gasteiger partial charge in [-0.15, -0.1) is 0 Å². The molecule has 1 unspecified atom stereocenters. The van der Waals surface area contributed by atoms with Gasteiger partial charge in [-0.2, -0.15) is 0 Å². The first-order chi connectivity index (χ1) is 13.3. The minimum Gasteiger partial charge on any atom is -0.444 e. The second-order valence-electron chi connectivity index (χ2n) is 7.67. The Balaban J connectivity index is 1.92. The summed E-state index contributed by atoms with van der Waals surface area (Å²) in [5.41, 5.74) is 1.05. The van der Waals surface area contributed by atoms with Crippen LogP contribution in [0.25, 0.3) is 0 Å². The summed E-state index contributed by atoms with van der Waals surface area (Å²) in [6.07, 6.45) is -0.424. The summed E-state index contributed by atoms with van der Waals surface area (Å²) >= 11 is 0. The Kier molecular flexibility index (Phi) is 5.49. The molecule has 2 aromatic rings. The molecule has 28 heavy (non-hydrogen) atoms. The van der Waals surface area contributed by atoms with Gasteiger partial charge >= 0.3 is 6.09 Å². The highest BCUT2D eigenvalue weighted by Gasteiger charge is 2.34. The van der Waals surface area contributed by atoms with Gasteiger partial charge in [-0.05, 0) is 38.5 Å². The molecule has 0 aliphatic carbocycles. The lowest BCUT2D eigenvalue weighted by Crippen LogP contribution is -2.46. The molecule has 0 fully saturated rings. The van der Waals surface area contributed by atoms with Crippen LogP contribution in [0.4, 0.5) is 10.5 Å². The third-order valence-electron chi connectivity index (χ3n) is 4.36. The predicted octanol–water partition coefficient (Wildman–Crippen LogP) is 3.87. The zero-order chi connectivity index (χ0) is 20.3. The van der Waals surface area contributed by atoms with Gasteiger partial charge in [0.05, 0.1) is 5.69 Å². The van der Waals surface area contributed by atoms with E-state index in [9.17, 15) is 14.4 Å². The molecule has 0 spiro atoms. The third-order valence-corrected chi connectivity index (χ3v) is 4.36. The van der Waals surface area contributed by atoms with Crippen LogP contribution >= 0.6 is 0 Å². The lowest BCUT2D eigenvalue weighted by atomic mass is 9.98. The molecule has 0 saturated heterocycles. The molecular weight excluding hydrogens is 356 g/mol. The van der Waals surface area contributed by atoms with Gasteiger partial charge in [0.2, 0.25) is 0 Å². The van der Waals surface area contributed by atoms with E-state index in [2.05, 4.69) is 5.32 Å². The summed E-state index contributed by atoms with van der Waals surface area (Å²) in [6.45, 7) is 5.56. The lowest BCUT2D eigenvalue weighted by molar-refractivity contribution is -0.120. The van der Waals surface area contributed by atoms with Crippen LogP contribution in [0.15, 0.2) is 54.6 Å². The Hall–Kier alpha value is -3.15. The van der Waals surface area contributed by atoms with E-state index in [0.717, 1.165) is 0 Å². The average molecular weight is 380 g/mol. The number of nitrogens with zero attached hydrogens (tertiary/aromatic N) is 1. The number of Topliss-reactive ketones (excluding diaryl/α,β-unsaturated/α-hetero) is 1. The molecule has 1 aliphatic rings. The fourth-order valence-corrected chi connectivity index (χ4v) is 3.16. The molecule has 2 amide bonds. The monoisotopic (exact) mass is 380 g/mol. The molecular formula is C22H24N2O4. The number of ketones is 1. The Morgan fingerprint density at radius 1 is 1.04 bits per heavy atom. The Morgan fingerprint density at radius 3 is 2.36 bits per heavy atom. The maximum atomic E-state index is 13.4. The minimum absolute atomic E-state index is 0.0102. The molecule has 6 nitrogen and oxygen atoms in total. The number of alkyl carbamates (subject to hydrolysis) is 1. The van der Waals surface area contributed by atoms with Crippen molar-refractivity contribution in [1.29, 1.82) is 0 Å². The van der Waals surface area contributed by atoms with E-state index in [1.54, 1.807) is 74.2 Å². The fourth-order valence-electron chi connectivity index (χ4n) is 3.16. The number of carbonyl (C=O) groups is 3. The topological polar surface area (TPSA) is 75.7 Å². The van der Waals surface area contributed by atoms with E-state index in [1.807, 2.05) is 6.07 Å². The number of nitrogens with one attached hydrogen (secondary N) is 1. The number of amides is 2. The second kappa shape index (κ2) is 7.84. The zero-order valence-electron chi connectivity index (χ0n) is 16.3.